The van der Waals surface area contributed by atoms with Gasteiger partial charge in [0.1, 0.15) is 0 Å². The third-order valence-corrected chi connectivity index (χ3v) is 2.03. The molecule has 0 amide bonds. The van der Waals surface area contributed by atoms with E-state index >= 15 is 0 Å². The van der Waals surface area contributed by atoms with Crippen LogP contribution in [0.3, 0.4) is 0 Å². The van der Waals surface area contributed by atoms with Crippen LogP contribution in [0.1, 0.15) is 20.7 Å². The Bertz CT molecular complexity index is 629. The summed E-state index contributed by atoms with van der Waals surface area (Å²) in [5.74, 6) is -6.56. The summed E-state index contributed by atoms with van der Waals surface area (Å²) in [6, 6.07) is 2.93. The standard InChI is InChI=1S/2C6H5NO4.2H2O.Pb.Zr/c2*8-4-1-3(6(10)11)2-5(9)7-4;;;;/h2*1-2H,(H,10,11)(H2,7,8,9);2*1H2;;/q;;;;+2;+4/p-6. The molecule has 2 heterocycles. The zero-order chi connectivity index (χ0) is 16.9. The summed E-state index contributed by atoms with van der Waals surface area (Å²) in [5.41, 5.74) is -0.870. The first-order valence-corrected chi connectivity index (χ1v) is 5.34. The summed E-state index contributed by atoms with van der Waals surface area (Å²) < 4.78 is 0. The van der Waals surface area contributed by atoms with E-state index in [0.717, 1.165) is 24.3 Å². The molecule has 0 saturated carbocycles. The Kier molecular flexibility index (Phi) is 17.6. The van der Waals surface area contributed by atoms with Crippen molar-refractivity contribution in [3.05, 3.63) is 35.4 Å². The summed E-state index contributed by atoms with van der Waals surface area (Å²) in [6.07, 6.45) is 0. The van der Waals surface area contributed by atoms with Gasteiger partial charge in [0.05, 0.1) is 11.9 Å². The second kappa shape index (κ2) is 14.3. The Balaban J connectivity index is -0.000000161. The smallest absolute Gasteiger partial charge is 0.859 e. The number of rotatable bonds is 2. The fourth-order valence-electron chi connectivity index (χ4n) is 1.20. The van der Waals surface area contributed by atoms with E-state index in [0.29, 0.717) is 0 Å². The molecule has 0 aliphatic carbocycles. The first-order chi connectivity index (χ1) is 10.2. The molecule has 0 aliphatic rings. The SMILES string of the molecule is O.O.O=C([O-])c1cc([O-])nc([O-])c1.O=C([O-])c1cc([O-])nc([O-])c1.[Pb+2].[Zr+4]. The van der Waals surface area contributed by atoms with Gasteiger partial charge in [0, 0.05) is 0 Å². The third-order valence-electron chi connectivity index (χ3n) is 2.03. The first-order valence-electron chi connectivity index (χ1n) is 5.34. The van der Waals surface area contributed by atoms with Gasteiger partial charge in [0.2, 0.25) is 0 Å². The van der Waals surface area contributed by atoms with Crippen molar-refractivity contribution in [2.45, 2.75) is 0 Å². The van der Waals surface area contributed by atoms with Gasteiger partial charge in [-0.2, -0.15) is 0 Å². The molecule has 2 rings (SSSR count). The minimum atomic E-state index is -1.55. The molecule has 2 aromatic rings. The maximum absolute atomic E-state index is 10.4. The van der Waals surface area contributed by atoms with E-state index in [4.69, 9.17) is 0 Å². The van der Waals surface area contributed by atoms with E-state index in [9.17, 15) is 40.2 Å². The fourth-order valence-corrected chi connectivity index (χ4v) is 1.20. The Labute approximate surface area is 184 Å². The molecule has 26 heavy (non-hydrogen) atoms. The number of carbonyl (C=O) groups excluding carboxylic acids is 2. The molecule has 0 aliphatic heterocycles. The molecule has 12 nitrogen and oxygen atoms in total. The number of pyridine rings is 2. The van der Waals surface area contributed by atoms with Crippen LogP contribution in [0.5, 0.6) is 23.5 Å². The van der Waals surface area contributed by atoms with Gasteiger partial charge in [-0.1, -0.05) is 0 Å². The number of carboxylic acids is 2. The van der Waals surface area contributed by atoms with Gasteiger partial charge in [-0.15, -0.1) is 0 Å². The van der Waals surface area contributed by atoms with Gasteiger partial charge in [0.25, 0.3) is 0 Å². The number of hydrogen-bond donors (Lipinski definition) is 0. The third kappa shape index (κ3) is 10.9. The predicted molar refractivity (Wildman–Crippen MR) is 67.9 cm³/mol. The Hall–Kier alpha value is -1.83. The van der Waals surface area contributed by atoms with Crippen molar-refractivity contribution in [2.24, 2.45) is 0 Å². The maximum atomic E-state index is 10.4. The van der Waals surface area contributed by atoms with Crippen molar-refractivity contribution in [2.75, 3.05) is 0 Å². The van der Waals surface area contributed by atoms with E-state index in [1.807, 2.05) is 0 Å². The summed E-state index contributed by atoms with van der Waals surface area (Å²) in [7, 11) is 0. The van der Waals surface area contributed by atoms with Crippen LogP contribution >= 0.6 is 0 Å². The zero-order valence-electron chi connectivity index (χ0n) is 12.5. The summed E-state index contributed by atoms with van der Waals surface area (Å²) in [4.78, 5) is 26.0. The monoisotopic (exact) mass is 638 g/mol. The van der Waals surface area contributed by atoms with E-state index in [2.05, 4.69) is 9.97 Å². The van der Waals surface area contributed by atoms with E-state index < -0.39 is 46.6 Å². The van der Waals surface area contributed by atoms with Gasteiger partial charge < -0.3 is 51.2 Å². The van der Waals surface area contributed by atoms with Gasteiger partial charge >= 0.3 is 53.5 Å². The van der Waals surface area contributed by atoms with Gasteiger partial charge in [-0.25, -0.2) is 0 Å². The van der Waals surface area contributed by atoms with E-state index in [1.54, 1.807) is 0 Å². The van der Waals surface area contributed by atoms with Crippen LogP contribution in [0.2, 0.25) is 0 Å². The van der Waals surface area contributed by atoms with Crippen LogP contribution in [0.25, 0.3) is 0 Å². The van der Waals surface area contributed by atoms with Crippen molar-refractivity contribution in [3.63, 3.8) is 0 Å². The van der Waals surface area contributed by atoms with E-state index in [-0.39, 0.29) is 64.5 Å². The summed E-state index contributed by atoms with van der Waals surface area (Å²) in [6.45, 7) is 0. The predicted octanol–water partition coefficient (Wildman–Crippen LogP) is -6.85. The Morgan fingerprint density at radius 2 is 0.846 bits per heavy atom. The number of carboxylic acid groups (broad SMARTS) is 2. The van der Waals surface area contributed by atoms with Crippen molar-refractivity contribution in [1.82, 2.24) is 9.97 Å². The van der Waals surface area contributed by atoms with Crippen LogP contribution < -0.4 is 30.6 Å². The Morgan fingerprint density at radius 1 is 0.654 bits per heavy atom. The number of hydrogen-bond acceptors (Lipinski definition) is 10. The molecule has 0 spiro atoms. The largest absolute Gasteiger partial charge is 4.00 e. The van der Waals surface area contributed by atoms with Gasteiger partial charge in [-0.3, -0.25) is 9.97 Å². The molecule has 0 saturated heterocycles. The van der Waals surface area contributed by atoms with Crippen LogP contribution in [-0.4, -0.2) is 60.2 Å². The number of carbonyl (C=O) groups is 2. The molecule has 0 unspecified atom stereocenters. The average molecular weight is 639 g/mol. The molecule has 134 valence electrons. The number of nitrogens with zero attached hydrogens (tertiary/aromatic N) is 2. The molecule has 0 fully saturated rings. The molecule has 14 heteroatoms. The molecule has 0 bridgehead atoms. The van der Waals surface area contributed by atoms with Crippen molar-refractivity contribution in [1.29, 1.82) is 0 Å². The van der Waals surface area contributed by atoms with E-state index in [1.165, 1.54) is 0 Å². The second-order valence-corrected chi connectivity index (χ2v) is 3.64. The van der Waals surface area contributed by atoms with Crippen LogP contribution in [0, 0.1) is 0 Å². The molecule has 0 aromatic carbocycles. The number of aromatic nitrogens is 2. The molecular formula is C12H8N2O10PbZr. The molecule has 2 radical (unpaired) electrons. The summed E-state index contributed by atoms with van der Waals surface area (Å²) in [5, 5.41) is 61.8. The van der Waals surface area contributed by atoms with Crippen molar-refractivity contribution >= 4 is 39.2 Å². The molecule has 4 N–H and O–H groups in total. The molecular weight excluding hydrogens is 631 g/mol. The molecule has 0 atom stereocenters. The number of aromatic carboxylic acids is 2. The minimum Gasteiger partial charge on any atom is -0.859 e. The molecule has 2 aromatic heterocycles. The minimum absolute atomic E-state index is 0. The van der Waals surface area contributed by atoms with Crippen molar-refractivity contribution < 1.29 is 77.4 Å². The Morgan fingerprint density at radius 3 is 1.00 bits per heavy atom. The van der Waals surface area contributed by atoms with Crippen LogP contribution in [-0.2, 0) is 26.2 Å². The normalized spacial score (nSPS) is 8.00. The van der Waals surface area contributed by atoms with Gasteiger partial charge in [0.15, 0.2) is 0 Å². The second-order valence-electron chi connectivity index (χ2n) is 3.64. The quantitative estimate of drug-likeness (QED) is 0.281. The van der Waals surface area contributed by atoms with Gasteiger partial charge in [-0.05, 0) is 58.9 Å². The maximum Gasteiger partial charge on any atom is 4.00 e. The fraction of sp³-hybridized carbons (Fsp3) is 0. The van der Waals surface area contributed by atoms with Crippen molar-refractivity contribution in [3.8, 4) is 23.5 Å². The van der Waals surface area contributed by atoms with Crippen LogP contribution in [0.15, 0.2) is 24.3 Å². The average Bonchev–Trinajstić information content (AvgIpc) is 2.37. The zero-order valence-corrected chi connectivity index (χ0v) is 18.8. The first kappa shape index (κ1) is 31.9. The summed E-state index contributed by atoms with van der Waals surface area (Å²) >= 11 is 0. The topological polar surface area (TPSA) is 261 Å². The van der Waals surface area contributed by atoms with Crippen LogP contribution in [0.4, 0.5) is 0 Å².